The number of hydrogen-bond donors (Lipinski definition) is 5. The van der Waals surface area contributed by atoms with Gasteiger partial charge in [-0.05, 0) is 31.2 Å². The monoisotopic (exact) mass is 380 g/mol. The van der Waals surface area contributed by atoms with Gasteiger partial charge in [-0.15, -0.1) is 4.99 Å². The van der Waals surface area contributed by atoms with Crippen molar-refractivity contribution < 1.29 is 22.7 Å². The summed E-state index contributed by atoms with van der Waals surface area (Å²) in [5.41, 5.74) is 17.5. The molecule has 0 saturated carbocycles. The Bertz CT molecular complexity index is 889. The Kier molecular flexibility index (Phi) is 7.56. The van der Waals surface area contributed by atoms with Gasteiger partial charge in [-0.3, -0.25) is 4.55 Å². The Morgan fingerprint density at radius 3 is 2.15 bits per heavy atom. The zero-order valence-electron chi connectivity index (χ0n) is 14.4. The van der Waals surface area contributed by atoms with Crippen molar-refractivity contribution in [3.8, 4) is 5.75 Å². The maximum Gasteiger partial charge on any atom is 0.316 e. The Morgan fingerprint density at radius 2 is 1.65 bits per heavy atom. The number of nitrogens with two attached hydrogens (primary N) is 3. The van der Waals surface area contributed by atoms with Crippen LogP contribution in [0.15, 0.2) is 58.4 Å². The van der Waals surface area contributed by atoms with Crippen molar-refractivity contribution in [1.29, 1.82) is 0 Å². The van der Waals surface area contributed by atoms with E-state index in [1.807, 2.05) is 19.1 Å². The third-order valence-corrected chi connectivity index (χ3v) is 3.79. The highest BCUT2D eigenvalue weighted by molar-refractivity contribution is 7.85. The Labute approximate surface area is 152 Å². The molecule has 0 spiro atoms. The van der Waals surface area contributed by atoms with E-state index in [4.69, 9.17) is 26.5 Å². The summed E-state index contributed by atoms with van der Waals surface area (Å²) in [6, 6.07) is 13.2. The van der Waals surface area contributed by atoms with Crippen molar-refractivity contribution in [2.45, 2.75) is 11.8 Å². The molecule has 2 rings (SSSR count). The number of rotatable bonds is 3. The van der Waals surface area contributed by atoms with Crippen LogP contribution in [-0.4, -0.2) is 32.0 Å². The number of nitrogens with zero attached hydrogens (tertiary/aromatic N) is 1. The normalized spacial score (nSPS) is 11.1. The van der Waals surface area contributed by atoms with E-state index in [1.54, 1.807) is 31.4 Å². The number of aliphatic imine (C=N–C) groups is 1. The molecule has 140 valence electrons. The second-order valence-corrected chi connectivity index (χ2v) is 6.46. The molecule has 10 heteroatoms. The molecular weight excluding hydrogens is 358 g/mol. The summed E-state index contributed by atoms with van der Waals surface area (Å²) in [5, 5.41) is 0. The lowest BCUT2D eigenvalue weighted by molar-refractivity contribution is -0.320. The van der Waals surface area contributed by atoms with Crippen LogP contribution < -0.4 is 26.9 Å². The van der Waals surface area contributed by atoms with Gasteiger partial charge in [0.15, 0.2) is 11.4 Å². The lowest BCUT2D eigenvalue weighted by atomic mass is 10.2. The van der Waals surface area contributed by atoms with E-state index in [0.29, 0.717) is 11.4 Å². The second kappa shape index (κ2) is 9.39. The first kappa shape index (κ1) is 20.9. The van der Waals surface area contributed by atoms with Crippen LogP contribution in [0.25, 0.3) is 0 Å². The van der Waals surface area contributed by atoms with Crippen LogP contribution in [0.2, 0.25) is 0 Å². The molecule has 0 aliphatic heterocycles. The number of aryl methyl sites for hydroxylation is 1. The number of ether oxygens (including phenoxy) is 1. The molecule has 0 aromatic heterocycles. The summed E-state index contributed by atoms with van der Waals surface area (Å²) in [7, 11) is -2.46. The molecule has 0 aliphatic carbocycles. The van der Waals surface area contributed by atoms with Crippen molar-refractivity contribution >= 4 is 27.7 Å². The maximum atomic E-state index is 10.5. The summed E-state index contributed by atoms with van der Waals surface area (Å²) in [6.45, 7) is 1.84. The SMILES string of the molecule is COc1ccccc1N=C(N)[NH+]=C(N)N.Cc1ccc(S(=O)(=O)O)cc1. The molecule has 0 amide bonds. The van der Waals surface area contributed by atoms with E-state index in [0.717, 1.165) is 5.56 Å². The maximum absolute atomic E-state index is 10.5. The molecule has 0 heterocycles. The number of nitrogens with one attached hydrogen (secondary N) is 1. The van der Waals surface area contributed by atoms with Crippen LogP contribution in [0.1, 0.15) is 5.56 Å². The third-order valence-electron chi connectivity index (χ3n) is 2.92. The molecule has 0 bridgehead atoms. The Hall–Kier alpha value is -3.11. The molecule has 0 unspecified atom stereocenters. The van der Waals surface area contributed by atoms with Crippen LogP contribution in [0.5, 0.6) is 5.75 Å². The second-order valence-electron chi connectivity index (χ2n) is 5.04. The minimum atomic E-state index is -4.02. The number of benzene rings is 2. The summed E-state index contributed by atoms with van der Waals surface area (Å²) < 4.78 is 34.6. The van der Waals surface area contributed by atoms with Crippen LogP contribution in [-0.2, 0) is 10.1 Å². The van der Waals surface area contributed by atoms with Crippen LogP contribution >= 0.6 is 0 Å². The predicted molar refractivity (Wildman–Crippen MR) is 99.6 cm³/mol. The average Bonchev–Trinajstić information content (AvgIpc) is 2.54. The van der Waals surface area contributed by atoms with Gasteiger partial charge in [0.25, 0.3) is 16.1 Å². The molecule has 2 aromatic carbocycles. The van der Waals surface area contributed by atoms with E-state index in [-0.39, 0.29) is 16.8 Å². The Morgan fingerprint density at radius 1 is 1.08 bits per heavy atom. The predicted octanol–water partition coefficient (Wildman–Crippen LogP) is -0.763. The summed E-state index contributed by atoms with van der Waals surface area (Å²) in [5.74, 6) is 0.725. The van der Waals surface area contributed by atoms with E-state index in [1.165, 1.54) is 12.1 Å². The lowest BCUT2D eigenvalue weighted by Gasteiger charge is -2.00. The van der Waals surface area contributed by atoms with E-state index in [2.05, 4.69) is 9.98 Å². The minimum Gasteiger partial charge on any atom is -0.494 e. The van der Waals surface area contributed by atoms with Gasteiger partial charge >= 0.3 is 5.96 Å². The van der Waals surface area contributed by atoms with Gasteiger partial charge < -0.3 is 21.9 Å². The standard InChI is InChI=1S/C9H13N5O.C7H8O3S/c1-15-7-5-3-2-4-6(7)13-9(12)14-8(10)11;1-6-2-4-7(5-3-6)11(8,9)10/h2-5H,1H3,(H6,10,11,12,13,14);2-5H,1H3,(H,8,9,10)/p+1. The largest absolute Gasteiger partial charge is 0.494 e. The molecule has 0 fully saturated rings. The molecule has 0 aliphatic rings. The fraction of sp³-hybridized carbons (Fsp3) is 0.125. The van der Waals surface area contributed by atoms with E-state index < -0.39 is 10.1 Å². The molecule has 26 heavy (non-hydrogen) atoms. The van der Waals surface area contributed by atoms with E-state index in [9.17, 15) is 8.42 Å². The van der Waals surface area contributed by atoms with Gasteiger partial charge in [0.1, 0.15) is 0 Å². The van der Waals surface area contributed by atoms with Gasteiger partial charge in [-0.2, -0.15) is 8.42 Å². The van der Waals surface area contributed by atoms with Gasteiger partial charge in [-0.25, -0.2) is 4.99 Å². The minimum absolute atomic E-state index is 0.00820. The number of hydrogen-bond acceptors (Lipinski definition) is 4. The highest BCUT2D eigenvalue weighted by Crippen LogP contribution is 2.25. The van der Waals surface area contributed by atoms with Crippen molar-refractivity contribution in [3.63, 3.8) is 0 Å². The highest BCUT2D eigenvalue weighted by atomic mass is 32.2. The third kappa shape index (κ3) is 7.20. The lowest BCUT2D eigenvalue weighted by Crippen LogP contribution is -2.84. The topological polar surface area (TPSA) is 168 Å². The van der Waals surface area contributed by atoms with E-state index >= 15 is 0 Å². The highest BCUT2D eigenvalue weighted by Gasteiger charge is 2.07. The van der Waals surface area contributed by atoms with Gasteiger partial charge in [0.2, 0.25) is 0 Å². The first-order chi connectivity index (χ1) is 12.1. The zero-order chi connectivity index (χ0) is 19.7. The quantitative estimate of drug-likeness (QED) is 0.265. The van der Waals surface area contributed by atoms with Crippen LogP contribution in [0.3, 0.4) is 0 Å². The van der Waals surface area contributed by atoms with Crippen molar-refractivity contribution in [2.75, 3.05) is 7.11 Å². The number of para-hydroxylation sites is 2. The molecule has 0 atom stereocenters. The first-order valence-electron chi connectivity index (χ1n) is 7.29. The fourth-order valence-electron chi connectivity index (χ4n) is 1.74. The fourth-order valence-corrected chi connectivity index (χ4v) is 2.22. The smallest absolute Gasteiger partial charge is 0.316 e. The molecule has 0 radical (unpaired) electrons. The van der Waals surface area contributed by atoms with Crippen LogP contribution in [0, 0.1) is 6.92 Å². The Balaban J connectivity index is 0.000000273. The van der Waals surface area contributed by atoms with Crippen molar-refractivity contribution in [3.05, 3.63) is 54.1 Å². The number of methoxy groups -OCH3 is 1. The molecular formula is C16H22N5O4S+. The first-order valence-corrected chi connectivity index (χ1v) is 8.73. The summed E-state index contributed by atoms with van der Waals surface area (Å²) in [4.78, 5) is 6.47. The van der Waals surface area contributed by atoms with Gasteiger partial charge in [0.05, 0.1) is 12.0 Å². The van der Waals surface area contributed by atoms with Gasteiger partial charge in [0, 0.05) is 0 Å². The molecule has 0 saturated heterocycles. The van der Waals surface area contributed by atoms with Gasteiger partial charge in [-0.1, -0.05) is 29.8 Å². The molecule has 8 N–H and O–H groups in total. The van der Waals surface area contributed by atoms with Crippen molar-refractivity contribution in [1.82, 2.24) is 0 Å². The number of guanidine groups is 2. The summed E-state index contributed by atoms with van der Waals surface area (Å²) >= 11 is 0. The van der Waals surface area contributed by atoms with Crippen molar-refractivity contribution in [2.24, 2.45) is 22.2 Å². The zero-order valence-corrected chi connectivity index (χ0v) is 15.2. The average molecular weight is 380 g/mol. The summed E-state index contributed by atoms with van der Waals surface area (Å²) in [6.07, 6.45) is 0. The van der Waals surface area contributed by atoms with Crippen LogP contribution in [0.4, 0.5) is 5.69 Å². The molecule has 2 aromatic rings. The molecule has 9 nitrogen and oxygen atoms in total.